The number of hydrogen-bond donors (Lipinski definition) is 2. The molecule has 98 valence electrons. The Morgan fingerprint density at radius 2 is 2.28 bits per heavy atom. The van der Waals surface area contributed by atoms with Crippen LogP contribution in [0.2, 0.25) is 0 Å². The second-order valence-corrected chi connectivity index (χ2v) is 4.99. The zero-order chi connectivity index (χ0) is 13.2. The van der Waals surface area contributed by atoms with Crippen molar-refractivity contribution in [3.05, 3.63) is 29.6 Å². The predicted octanol–water partition coefficient (Wildman–Crippen LogP) is 2.43. The number of nitrogens with zero attached hydrogens (tertiary/aromatic N) is 1. The average Bonchev–Trinajstić information content (AvgIpc) is 3.10. The van der Waals surface area contributed by atoms with Gasteiger partial charge >= 0.3 is 0 Å². The Kier molecular flexibility index (Phi) is 3.41. The number of hydrogen-bond acceptors (Lipinski definition) is 3. The molecule has 1 aromatic rings. The minimum atomic E-state index is -0.361. The van der Waals surface area contributed by atoms with Crippen LogP contribution in [0.25, 0.3) is 0 Å². The summed E-state index contributed by atoms with van der Waals surface area (Å²) >= 11 is 0. The number of rotatable bonds is 5. The average molecular weight is 252 g/mol. The zero-order valence-corrected chi connectivity index (χ0v) is 10.3. The Bertz CT molecular complexity index is 470. The molecule has 3 N–H and O–H groups in total. The molecule has 0 saturated heterocycles. The fraction of sp³-hybridized carbons (Fsp3) is 0.462. The normalized spacial score (nSPS) is 17.6. The van der Waals surface area contributed by atoms with E-state index in [1.54, 1.807) is 12.1 Å². The topological polar surface area (TPSA) is 67.8 Å². The van der Waals surface area contributed by atoms with Gasteiger partial charge in [-0.2, -0.15) is 0 Å². The first-order valence-electron chi connectivity index (χ1n) is 5.90. The van der Waals surface area contributed by atoms with E-state index in [0.717, 1.165) is 18.4 Å². The number of ether oxygens (including phenoxy) is 1. The maximum atomic E-state index is 13.5. The summed E-state index contributed by atoms with van der Waals surface area (Å²) in [6.45, 7) is 2.28. The summed E-state index contributed by atoms with van der Waals surface area (Å²) in [5.74, 6) is 0.0989. The van der Waals surface area contributed by atoms with Crippen molar-refractivity contribution in [3.63, 3.8) is 0 Å². The summed E-state index contributed by atoms with van der Waals surface area (Å²) < 4.78 is 19.0. The molecule has 0 heterocycles. The largest absolute Gasteiger partial charge is 0.490 e. The highest BCUT2D eigenvalue weighted by Crippen LogP contribution is 2.49. The van der Waals surface area contributed by atoms with Gasteiger partial charge in [-0.05, 0) is 37.5 Å². The van der Waals surface area contributed by atoms with Gasteiger partial charge in [-0.1, -0.05) is 11.2 Å². The maximum Gasteiger partial charge on any atom is 0.165 e. The van der Waals surface area contributed by atoms with Gasteiger partial charge in [0.15, 0.2) is 11.6 Å². The van der Waals surface area contributed by atoms with Crippen LogP contribution in [0, 0.1) is 18.2 Å². The lowest BCUT2D eigenvalue weighted by Crippen LogP contribution is -2.22. The van der Waals surface area contributed by atoms with Crippen molar-refractivity contribution in [2.75, 3.05) is 6.61 Å². The Hall–Kier alpha value is -1.78. The Morgan fingerprint density at radius 3 is 2.89 bits per heavy atom. The van der Waals surface area contributed by atoms with Gasteiger partial charge in [0.2, 0.25) is 0 Å². The Labute approximate surface area is 105 Å². The van der Waals surface area contributed by atoms with Crippen LogP contribution in [0.3, 0.4) is 0 Å². The smallest absolute Gasteiger partial charge is 0.165 e. The predicted molar refractivity (Wildman–Crippen MR) is 66.3 cm³/mol. The van der Waals surface area contributed by atoms with Crippen molar-refractivity contribution in [1.29, 1.82) is 0 Å². The fourth-order valence-electron chi connectivity index (χ4n) is 1.92. The van der Waals surface area contributed by atoms with Gasteiger partial charge in [0.05, 0.1) is 6.61 Å². The second kappa shape index (κ2) is 4.84. The quantitative estimate of drug-likeness (QED) is 0.366. The van der Waals surface area contributed by atoms with Crippen LogP contribution in [0.15, 0.2) is 23.4 Å². The van der Waals surface area contributed by atoms with E-state index in [4.69, 9.17) is 15.7 Å². The molecular weight excluding hydrogens is 235 g/mol. The Morgan fingerprint density at radius 1 is 1.56 bits per heavy atom. The van der Waals surface area contributed by atoms with Crippen LogP contribution >= 0.6 is 0 Å². The van der Waals surface area contributed by atoms with Gasteiger partial charge in [0.25, 0.3) is 0 Å². The molecule has 0 spiro atoms. The van der Waals surface area contributed by atoms with E-state index >= 15 is 0 Å². The van der Waals surface area contributed by atoms with Gasteiger partial charge in [0, 0.05) is 11.8 Å². The summed E-state index contributed by atoms with van der Waals surface area (Å²) in [5.41, 5.74) is 6.35. The van der Waals surface area contributed by atoms with E-state index in [9.17, 15) is 4.39 Å². The molecule has 1 aliphatic rings. The molecule has 4 nitrogen and oxygen atoms in total. The van der Waals surface area contributed by atoms with Crippen LogP contribution in [0.5, 0.6) is 5.75 Å². The number of benzene rings is 1. The summed E-state index contributed by atoms with van der Waals surface area (Å²) in [7, 11) is 0. The van der Waals surface area contributed by atoms with Crippen molar-refractivity contribution < 1.29 is 14.3 Å². The van der Waals surface area contributed by atoms with E-state index < -0.39 is 0 Å². The Balaban J connectivity index is 1.97. The van der Waals surface area contributed by atoms with Crippen LogP contribution in [0.4, 0.5) is 4.39 Å². The van der Waals surface area contributed by atoms with E-state index in [2.05, 4.69) is 5.16 Å². The van der Waals surface area contributed by atoms with Crippen LogP contribution in [-0.4, -0.2) is 17.6 Å². The molecule has 1 fully saturated rings. The highest BCUT2D eigenvalue weighted by atomic mass is 19.1. The minimum absolute atomic E-state index is 0.0908. The van der Waals surface area contributed by atoms with Gasteiger partial charge in [-0.15, -0.1) is 0 Å². The molecule has 0 aliphatic heterocycles. The third-order valence-electron chi connectivity index (χ3n) is 3.26. The molecule has 5 heteroatoms. The highest BCUT2D eigenvalue weighted by Gasteiger charge is 2.44. The molecule has 1 saturated carbocycles. The van der Waals surface area contributed by atoms with E-state index in [1.807, 2.05) is 6.92 Å². The lowest BCUT2D eigenvalue weighted by atomic mass is 10.0. The SMILES string of the molecule is Cc1ccc(F)c(OCC2(CC(N)=NO)CC2)c1. The maximum absolute atomic E-state index is 13.5. The first-order valence-corrected chi connectivity index (χ1v) is 5.90. The summed E-state index contributed by atoms with van der Waals surface area (Å²) in [4.78, 5) is 0. The molecule has 1 aromatic carbocycles. The van der Waals surface area contributed by atoms with E-state index in [0.29, 0.717) is 13.0 Å². The lowest BCUT2D eigenvalue weighted by molar-refractivity contribution is 0.227. The summed E-state index contributed by atoms with van der Waals surface area (Å²) in [6, 6.07) is 4.77. The number of aryl methyl sites for hydroxylation is 1. The molecule has 0 unspecified atom stereocenters. The fourth-order valence-corrected chi connectivity index (χ4v) is 1.92. The molecular formula is C13H17FN2O2. The second-order valence-electron chi connectivity index (χ2n) is 4.99. The molecule has 0 amide bonds. The summed E-state index contributed by atoms with van der Waals surface area (Å²) in [6.07, 6.45) is 2.39. The van der Waals surface area contributed by atoms with Crippen molar-refractivity contribution in [3.8, 4) is 5.75 Å². The first kappa shape index (κ1) is 12.7. The lowest BCUT2D eigenvalue weighted by Gasteiger charge is -2.16. The molecule has 0 radical (unpaired) electrons. The standard InChI is InChI=1S/C13H17FN2O2/c1-9-2-3-10(14)11(6-9)18-8-13(4-5-13)7-12(15)16-17/h2-3,6,17H,4-5,7-8H2,1H3,(H2,15,16). The molecule has 0 aromatic heterocycles. The molecule has 0 atom stereocenters. The van der Waals surface area contributed by atoms with Crippen LogP contribution in [0.1, 0.15) is 24.8 Å². The number of halogens is 1. The number of nitrogens with two attached hydrogens (primary N) is 1. The van der Waals surface area contributed by atoms with E-state index in [-0.39, 0.29) is 22.8 Å². The molecule has 0 bridgehead atoms. The van der Waals surface area contributed by atoms with E-state index in [1.165, 1.54) is 6.07 Å². The van der Waals surface area contributed by atoms with Crippen LogP contribution < -0.4 is 10.5 Å². The van der Waals surface area contributed by atoms with Crippen molar-refractivity contribution in [1.82, 2.24) is 0 Å². The number of oxime groups is 1. The van der Waals surface area contributed by atoms with Crippen molar-refractivity contribution >= 4 is 5.84 Å². The van der Waals surface area contributed by atoms with Crippen LogP contribution in [-0.2, 0) is 0 Å². The van der Waals surface area contributed by atoms with Gasteiger partial charge in [-0.25, -0.2) is 4.39 Å². The highest BCUT2D eigenvalue weighted by molar-refractivity contribution is 5.80. The monoisotopic (exact) mass is 252 g/mol. The molecule has 18 heavy (non-hydrogen) atoms. The van der Waals surface area contributed by atoms with Gasteiger partial charge < -0.3 is 15.7 Å². The van der Waals surface area contributed by atoms with Gasteiger partial charge in [0.1, 0.15) is 5.84 Å². The molecule has 2 rings (SSSR count). The first-order chi connectivity index (χ1) is 8.54. The van der Waals surface area contributed by atoms with Gasteiger partial charge in [-0.3, -0.25) is 0 Å². The third-order valence-corrected chi connectivity index (χ3v) is 3.26. The third kappa shape index (κ3) is 2.91. The molecule has 1 aliphatic carbocycles. The number of amidine groups is 1. The minimum Gasteiger partial charge on any atom is -0.490 e. The zero-order valence-electron chi connectivity index (χ0n) is 10.3. The summed E-state index contributed by atoms with van der Waals surface area (Å²) in [5, 5.41) is 11.5. The van der Waals surface area contributed by atoms with Crippen molar-refractivity contribution in [2.45, 2.75) is 26.2 Å². The van der Waals surface area contributed by atoms with Crippen molar-refractivity contribution in [2.24, 2.45) is 16.3 Å².